The molecule has 1 atom stereocenters. The molecule has 132 valence electrons. The number of rotatable bonds is 6. The molecule has 1 saturated heterocycles. The van der Waals surface area contributed by atoms with Gasteiger partial charge < -0.3 is 14.5 Å². The minimum Gasteiger partial charge on any atom is -0.378 e. The second kappa shape index (κ2) is 8.37. The molecule has 2 aliphatic rings. The topological polar surface area (TPSA) is 32.8 Å². The third-order valence-electron chi connectivity index (χ3n) is 4.85. The molecule has 0 aliphatic carbocycles. The molecule has 0 spiro atoms. The van der Waals surface area contributed by atoms with Gasteiger partial charge in [-0.05, 0) is 51.5 Å². The zero-order valence-electron chi connectivity index (χ0n) is 14.7. The fraction of sp³-hybridized carbons (Fsp3) is 0.632. The van der Waals surface area contributed by atoms with Gasteiger partial charge in [0.05, 0.1) is 12.0 Å². The van der Waals surface area contributed by atoms with E-state index in [1.54, 1.807) is 0 Å². The number of benzene rings is 1. The summed E-state index contributed by atoms with van der Waals surface area (Å²) in [6.45, 7) is 3.56. The van der Waals surface area contributed by atoms with Gasteiger partial charge in [0.25, 0.3) is 0 Å². The van der Waals surface area contributed by atoms with Crippen LogP contribution in [0.5, 0.6) is 0 Å². The Morgan fingerprint density at radius 2 is 2.04 bits per heavy atom. The quantitative estimate of drug-likeness (QED) is 0.740. The van der Waals surface area contributed by atoms with E-state index in [-0.39, 0.29) is 5.92 Å². The first kappa shape index (κ1) is 17.8. The van der Waals surface area contributed by atoms with Crippen LogP contribution in [0.15, 0.2) is 29.2 Å². The Kier molecular flexibility index (Phi) is 6.19. The molecule has 1 fully saturated rings. The molecule has 0 unspecified atom stereocenters. The molecule has 2 heterocycles. The van der Waals surface area contributed by atoms with Crippen molar-refractivity contribution in [3.63, 3.8) is 0 Å². The number of carbonyl (C=O) groups excluding carboxylic acids is 1. The van der Waals surface area contributed by atoms with E-state index in [4.69, 9.17) is 4.74 Å². The van der Waals surface area contributed by atoms with E-state index in [9.17, 15) is 4.79 Å². The summed E-state index contributed by atoms with van der Waals surface area (Å²) in [7, 11) is 4.17. The fourth-order valence-electron chi connectivity index (χ4n) is 3.46. The molecule has 3 rings (SSSR count). The molecule has 1 aromatic carbocycles. The van der Waals surface area contributed by atoms with Crippen LogP contribution in [0.3, 0.4) is 0 Å². The van der Waals surface area contributed by atoms with Crippen LogP contribution in [0, 0.1) is 0 Å². The molecule has 5 heteroatoms. The SMILES string of the molecule is CN(C)CCCOC1CCN(C(=O)[C@@H]2CSc3ccccc32)CC1. The van der Waals surface area contributed by atoms with E-state index < -0.39 is 0 Å². The minimum absolute atomic E-state index is 0.0451. The highest BCUT2D eigenvalue weighted by Gasteiger charge is 2.33. The third-order valence-corrected chi connectivity index (χ3v) is 6.04. The lowest BCUT2D eigenvalue weighted by molar-refractivity contribution is -0.134. The number of thioether (sulfide) groups is 1. The number of amides is 1. The van der Waals surface area contributed by atoms with Gasteiger partial charge in [0.15, 0.2) is 0 Å². The minimum atomic E-state index is 0.0451. The molecule has 0 radical (unpaired) electrons. The molecular weight excluding hydrogens is 320 g/mol. The van der Waals surface area contributed by atoms with E-state index >= 15 is 0 Å². The van der Waals surface area contributed by atoms with Crippen LogP contribution in [-0.2, 0) is 9.53 Å². The Morgan fingerprint density at radius 1 is 1.29 bits per heavy atom. The van der Waals surface area contributed by atoms with Gasteiger partial charge in [-0.1, -0.05) is 18.2 Å². The average molecular weight is 349 g/mol. The standard InChI is InChI=1S/C19H28N2O2S/c1-20(2)10-5-13-23-15-8-11-21(12-9-15)19(22)17-14-24-18-7-4-3-6-16(17)18/h3-4,6-7,15,17H,5,8-14H2,1-2H3/t17-/m1/s1. The number of hydrogen-bond acceptors (Lipinski definition) is 4. The zero-order valence-corrected chi connectivity index (χ0v) is 15.6. The number of ether oxygens (including phenoxy) is 1. The van der Waals surface area contributed by atoms with Gasteiger partial charge in [-0.15, -0.1) is 11.8 Å². The van der Waals surface area contributed by atoms with Gasteiger partial charge in [0, 0.05) is 30.3 Å². The van der Waals surface area contributed by atoms with Crippen LogP contribution in [0.4, 0.5) is 0 Å². The lowest BCUT2D eigenvalue weighted by atomic mass is 9.98. The summed E-state index contributed by atoms with van der Waals surface area (Å²) in [5.41, 5.74) is 1.22. The summed E-state index contributed by atoms with van der Waals surface area (Å²) < 4.78 is 5.97. The summed E-state index contributed by atoms with van der Waals surface area (Å²) in [5.74, 6) is 1.24. The predicted molar refractivity (Wildman–Crippen MR) is 98.6 cm³/mol. The number of likely N-dealkylation sites (tertiary alicyclic amines) is 1. The molecule has 0 aromatic heterocycles. The highest BCUT2D eigenvalue weighted by Crippen LogP contribution is 2.40. The lowest BCUT2D eigenvalue weighted by Gasteiger charge is -2.33. The van der Waals surface area contributed by atoms with Crippen LogP contribution < -0.4 is 0 Å². The van der Waals surface area contributed by atoms with Crippen molar-refractivity contribution in [3.05, 3.63) is 29.8 Å². The first-order chi connectivity index (χ1) is 11.6. The molecule has 1 amide bonds. The van der Waals surface area contributed by atoms with E-state index in [0.717, 1.165) is 51.3 Å². The third kappa shape index (κ3) is 4.32. The second-order valence-electron chi connectivity index (χ2n) is 6.95. The largest absolute Gasteiger partial charge is 0.378 e. The molecule has 0 bridgehead atoms. The Balaban J connectivity index is 1.44. The van der Waals surface area contributed by atoms with Crippen LogP contribution in [0.25, 0.3) is 0 Å². The maximum atomic E-state index is 12.9. The first-order valence-electron chi connectivity index (χ1n) is 8.92. The molecule has 2 aliphatic heterocycles. The van der Waals surface area contributed by atoms with Gasteiger partial charge in [-0.25, -0.2) is 0 Å². The number of piperidine rings is 1. The molecule has 0 saturated carbocycles. The van der Waals surface area contributed by atoms with E-state index in [1.165, 1.54) is 10.5 Å². The summed E-state index contributed by atoms with van der Waals surface area (Å²) >= 11 is 1.81. The Hall–Kier alpha value is -1.04. The zero-order chi connectivity index (χ0) is 16.9. The summed E-state index contributed by atoms with van der Waals surface area (Å²) in [6, 6.07) is 8.33. The van der Waals surface area contributed by atoms with Crippen molar-refractivity contribution in [1.29, 1.82) is 0 Å². The Bertz CT molecular complexity index is 556. The van der Waals surface area contributed by atoms with Crippen LogP contribution >= 0.6 is 11.8 Å². The van der Waals surface area contributed by atoms with Gasteiger partial charge >= 0.3 is 0 Å². The first-order valence-corrected chi connectivity index (χ1v) is 9.90. The summed E-state index contributed by atoms with van der Waals surface area (Å²) in [6.07, 6.45) is 3.33. The Labute approximate surface area is 149 Å². The fourth-order valence-corrected chi connectivity index (χ4v) is 4.68. The van der Waals surface area contributed by atoms with Gasteiger partial charge in [-0.2, -0.15) is 0 Å². The van der Waals surface area contributed by atoms with Gasteiger partial charge in [0.2, 0.25) is 5.91 Å². The summed E-state index contributed by atoms with van der Waals surface area (Å²) in [5, 5.41) is 0. The van der Waals surface area contributed by atoms with Crippen molar-refractivity contribution in [2.75, 3.05) is 46.1 Å². The van der Waals surface area contributed by atoms with Crippen molar-refractivity contribution in [1.82, 2.24) is 9.80 Å². The molecular formula is C19H28N2O2S. The molecule has 4 nitrogen and oxygen atoms in total. The van der Waals surface area contributed by atoms with Crippen molar-refractivity contribution >= 4 is 17.7 Å². The average Bonchev–Trinajstić information content (AvgIpc) is 3.02. The number of nitrogens with zero attached hydrogens (tertiary/aromatic N) is 2. The Morgan fingerprint density at radius 3 is 2.79 bits per heavy atom. The van der Waals surface area contributed by atoms with Crippen LogP contribution in [0.2, 0.25) is 0 Å². The van der Waals surface area contributed by atoms with Crippen molar-refractivity contribution in [2.24, 2.45) is 0 Å². The van der Waals surface area contributed by atoms with E-state index in [0.29, 0.717) is 12.0 Å². The number of carbonyl (C=O) groups is 1. The molecule has 0 N–H and O–H groups in total. The second-order valence-corrected chi connectivity index (χ2v) is 8.02. The van der Waals surface area contributed by atoms with Gasteiger partial charge in [-0.3, -0.25) is 4.79 Å². The smallest absolute Gasteiger partial charge is 0.231 e. The highest BCUT2D eigenvalue weighted by atomic mass is 32.2. The summed E-state index contributed by atoms with van der Waals surface area (Å²) in [4.78, 5) is 18.4. The predicted octanol–water partition coefficient (Wildman–Crippen LogP) is 2.84. The normalized spacial score (nSPS) is 21.3. The van der Waals surface area contributed by atoms with Crippen LogP contribution in [-0.4, -0.2) is 67.9 Å². The molecule has 24 heavy (non-hydrogen) atoms. The van der Waals surface area contributed by atoms with Crippen LogP contribution in [0.1, 0.15) is 30.7 Å². The maximum absolute atomic E-state index is 12.9. The van der Waals surface area contributed by atoms with E-state index in [2.05, 4.69) is 37.2 Å². The lowest BCUT2D eigenvalue weighted by Crippen LogP contribution is -2.43. The van der Waals surface area contributed by atoms with Crippen molar-refractivity contribution < 1.29 is 9.53 Å². The monoisotopic (exact) mass is 348 g/mol. The maximum Gasteiger partial charge on any atom is 0.231 e. The number of fused-ring (bicyclic) bond motifs is 1. The highest BCUT2D eigenvalue weighted by molar-refractivity contribution is 7.99. The van der Waals surface area contributed by atoms with Gasteiger partial charge in [0.1, 0.15) is 0 Å². The van der Waals surface area contributed by atoms with E-state index in [1.807, 2.05) is 22.7 Å². The molecule has 1 aromatic rings. The number of hydrogen-bond donors (Lipinski definition) is 0. The van der Waals surface area contributed by atoms with Crippen molar-refractivity contribution in [2.45, 2.75) is 36.2 Å². The van der Waals surface area contributed by atoms with Crippen molar-refractivity contribution in [3.8, 4) is 0 Å².